The SMILES string of the molecule is c1ccc(-c2cc(-c3cc(-n4c5ccccc5c5cc6c7ccccc7n(-c7ccc8ccccc8c7)c6cc54)cc4ccccc34)nc(-c3ccccc3)n2)cc1. The highest BCUT2D eigenvalue weighted by atomic mass is 15.0. The van der Waals surface area contributed by atoms with Crippen molar-refractivity contribution in [3.8, 4) is 45.3 Å². The summed E-state index contributed by atoms with van der Waals surface area (Å²) in [5.41, 5.74) is 11.8. The van der Waals surface area contributed by atoms with Crippen LogP contribution in [0.4, 0.5) is 0 Å². The highest BCUT2D eigenvalue weighted by Gasteiger charge is 2.20. The molecule has 0 saturated heterocycles. The predicted molar refractivity (Wildman–Crippen MR) is 242 cm³/mol. The number of aromatic nitrogens is 4. The lowest BCUT2D eigenvalue weighted by molar-refractivity contribution is 1.16. The number of fused-ring (bicyclic) bond motifs is 8. The van der Waals surface area contributed by atoms with Crippen molar-refractivity contribution < 1.29 is 0 Å². The molecule has 12 aromatic rings. The van der Waals surface area contributed by atoms with Crippen LogP contribution in [0.1, 0.15) is 0 Å². The fourth-order valence-corrected chi connectivity index (χ4v) is 9.00. The second-order valence-corrected chi connectivity index (χ2v) is 15.0. The van der Waals surface area contributed by atoms with Crippen LogP contribution in [0.5, 0.6) is 0 Å². The maximum atomic E-state index is 5.30. The Kier molecular flexibility index (Phi) is 7.20. The Bertz CT molecular complexity index is 3500. The van der Waals surface area contributed by atoms with Crippen molar-refractivity contribution in [1.82, 2.24) is 19.1 Å². The summed E-state index contributed by atoms with van der Waals surface area (Å²) >= 11 is 0. The average molecular weight is 739 g/mol. The Morgan fingerprint density at radius 2 is 0.828 bits per heavy atom. The van der Waals surface area contributed by atoms with Crippen LogP contribution in [0.15, 0.2) is 206 Å². The van der Waals surface area contributed by atoms with Gasteiger partial charge in [0, 0.05) is 49.6 Å². The fraction of sp³-hybridized carbons (Fsp3) is 0. The second-order valence-electron chi connectivity index (χ2n) is 15.0. The molecule has 0 atom stereocenters. The van der Waals surface area contributed by atoms with Crippen LogP contribution in [0.2, 0.25) is 0 Å². The van der Waals surface area contributed by atoms with E-state index in [2.05, 4.69) is 191 Å². The van der Waals surface area contributed by atoms with Gasteiger partial charge in [0.25, 0.3) is 0 Å². The number of para-hydroxylation sites is 2. The molecule has 0 aliphatic carbocycles. The molecule has 4 heteroatoms. The van der Waals surface area contributed by atoms with Crippen LogP contribution in [-0.2, 0) is 0 Å². The van der Waals surface area contributed by atoms with E-state index in [0.29, 0.717) is 5.82 Å². The van der Waals surface area contributed by atoms with Gasteiger partial charge in [0.05, 0.1) is 33.5 Å². The number of benzene rings is 9. The van der Waals surface area contributed by atoms with E-state index >= 15 is 0 Å². The van der Waals surface area contributed by atoms with E-state index in [1.165, 1.54) is 43.4 Å². The summed E-state index contributed by atoms with van der Waals surface area (Å²) in [6, 6.07) is 73.9. The zero-order valence-corrected chi connectivity index (χ0v) is 31.4. The van der Waals surface area contributed by atoms with E-state index in [1.807, 2.05) is 24.3 Å². The quantitative estimate of drug-likeness (QED) is 0.176. The van der Waals surface area contributed by atoms with E-state index in [9.17, 15) is 0 Å². The molecule has 0 bridgehead atoms. The van der Waals surface area contributed by atoms with Crippen molar-refractivity contribution in [1.29, 1.82) is 0 Å². The third-order valence-corrected chi connectivity index (χ3v) is 11.7. The molecule has 0 amide bonds. The maximum Gasteiger partial charge on any atom is 0.160 e. The summed E-state index contributed by atoms with van der Waals surface area (Å²) in [5, 5.41) is 9.66. The van der Waals surface area contributed by atoms with E-state index in [4.69, 9.17) is 9.97 Å². The summed E-state index contributed by atoms with van der Waals surface area (Å²) in [4.78, 5) is 10.4. The van der Waals surface area contributed by atoms with Gasteiger partial charge < -0.3 is 9.13 Å². The van der Waals surface area contributed by atoms with Gasteiger partial charge in [0.15, 0.2) is 5.82 Å². The molecule has 3 aromatic heterocycles. The predicted octanol–water partition coefficient (Wildman–Crippen LogP) is 14.0. The van der Waals surface area contributed by atoms with Crippen molar-refractivity contribution >= 4 is 65.2 Å². The summed E-state index contributed by atoms with van der Waals surface area (Å²) in [5.74, 6) is 0.701. The average Bonchev–Trinajstić information content (AvgIpc) is 3.80. The molecular weight excluding hydrogens is 705 g/mol. The van der Waals surface area contributed by atoms with Gasteiger partial charge in [-0.25, -0.2) is 9.97 Å². The highest BCUT2D eigenvalue weighted by Crippen LogP contribution is 2.42. The van der Waals surface area contributed by atoms with Crippen molar-refractivity contribution in [3.63, 3.8) is 0 Å². The van der Waals surface area contributed by atoms with E-state index in [-0.39, 0.29) is 0 Å². The second kappa shape index (κ2) is 12.9. The molecule has 9 aromatic carbocycles. The fourth-order valence-electron chi connectivity index (χ4n) is 9.00. The third kappa shape index (κ3) is 5.09. The Labute approximate surface area is 334 Å². The molecule has 0 saturated carbocycles. The Morgan fingerprint density at radius 3 is 1.53 bits per heavy atom. The summed E-state index contributed by atoms with van der Waals surface area (Å²) in [6.07, 6.45) is 0. The van der Waals surface area contributed by atoms with E-state index in [1.54, 1.807) is 0 Å². The standard InChI is InChI=1S/C54H34N4/c1-3-16-36(17-4-1)48-33-49(56-54(55-48)37-18-5-2-6-19-37)45-31-41(30-39-21-9-10-22-42(39)45)58-51-26-14-12-24-44(51)47-32-46-43-23-11-13-25-50(43)57(52(46)34-53(47)58)40-28-27-35-15-7-8-20-38(35)29-40/h1-34H. The van der Waals surface area contributed by atoms with Crippen LogP contribution in [0.3, 0.4) is 0 Å². The molecule has 12 rings (SSSR count). The number of hydrogen-bond acceptors (Lipinski definition) is 2. The smallest absolute Gasteiger partial charge is 0.160 e. The maximum absolute atomic E-state index is 5.30. The van der Waals surface area contributed by atoms with Crippen LogP contribution in [0.25, 0.3) is 110 Å². The molecule has 0 spiro atoms. The number of hydrogen-bond donors (Lipinski definition) is 0. The van der Waals surface area contributed by atoms with Gasteiger partial charge in [-0.05, 0) is 76.1 Å². The molecule has 0 N–H and O–H groups in total. The van der Waals surface area contributed by atoms with Crippen LogP contribution >= 0.6 is 0 Å². The van der Waals surface area contributed by atoms with Crippen molar-refractivity contribution in [2.75, 3.05) is 0 Å². The molecule has 0 unspecified atom stereocenters. The van der Waals surface area contributed by atoms with Gasteiger partial charge in [-0.2, -0.15) is 0 Å². The Morgan fingerprint density at radius 1 is 0.293 bits per heavy atom. The molecule has 0 aliphatic heterocycles. The monoisotopic (exact) mass is 738 g/mol. The van der Waals surface area contributed by atoms with E-state index < -0.39 is 0 Å². The zero-order valence-electron chi connectivity index (χ0n) is 31.4. The molecule has 3 heterocycles. The first-order valence-corrected chi connectivity index (χ1v) is 19.7. The summed E-state index contributed by atoms with van der Waals surface area (Å²) in [7, 11) is 0. The lowest BCUT2D eigenvalue weighted by Crippen LogP contribution is -1.99. The topological polar surface area (TPSA) is 35.6 Å². The van der Waals surface area contributed by atoms with Crippen molar-refractivity contribution in [3.05, 3.63) is 206 Å². The highest BCUT2D eigenvalue weighted by molar-refractivity contribution is 6.19. The molecule has 0 fully saturated rings. The summed E-state index contributed by atoms with van der Waals surface area (Å²) in [6.45, 7) is 0. The molecular formula is C54H34N4. The largest absolute Gasteiger partial charge is 0.309 e. The minimum atomic E-state index is 0.701. The van der Waals surface area contributed by atoms with Gasteiger partial charge >= 0.3 is 0 Å². The number of nitrogens with zero attached hydrogens (tertiary/aromatic N) is 4. The molecule has 270 valence electrons. The lowest BCUT2D eigenvalue weighted by Gasteiger charge is -2.15. The third-order valence-electron chi connectivity index (χ3n) is 11.7. The van der Waals surface area contributed by atoms with Gasteiger partial charge in [-0.15, -0.1) is 0 Å². The molecule has 0 radical (unpaired) electrons. The van der Waals surface area contributed by atoms with E-state index in [0.717, 1.165) is 61.3 Å². The summed E-state index contributed by atoms with van der Waals surface area (Å²) < 4.78 is 4.88. The minimum absolute atomic E-state index is 0.701. The number of rotatable bonds is 5. The first-order valence-electron chi connectivity index (χ1n) is 19.7. The van der Waals surface area contributed by atoms with Gasteiger partial charge in [-0.3, -0.25) is 0 Å². The molecule has 58 heavy (non-hydrogen) atoms. The van der Waals surface area contributed by atoms with Gasteiger partial charge in [0.1, 0.15) is 0 Å². The molecule has 0 aliphatic rings. The Balaban J connectivity index is 1.15. The first-order chi connectivity index (χ1) is 28.7. The normalized spacial score (nSPS) is 11.8. The van der Waals surface area contributed by atoms with Crippen LogP contribution in [0, 0.1) is 0 Å². The van der Waals surface area contributed by atoms with Crippen LogP contribution in [-0.4, -0.2) is 19.1 Å². The van der Waals surface area contributed by atoms with Gasteiger partial charge in [-0.1, -0.05) is 152 Å². The van der Waals surface area contributed by atoms with Crippen molar-refractivity contribution in [2.24, 2.45) is 0 Å². The minimum Gasteiger partial charge on any atom is -0.309 e. The van der Waals surface area contributed by atoms with Gasteiger partial charge in [0.2, 0.25) is 0 Å². The Hall–Kier alpha value is -7.82. The zero-order chi connectivity index (χ0) is 38.2. The van der Waals surface area contributed by atoms with Crippen molar-refractivity contribution in [2.45, 2.75) is 0 Å². The first kappa shape index (κ1) is 32.4. The molecule has 4 nitrogen and oxygen atoms in total. The lowest BCUT2D eigenvalue weighted by atomic mass is 9.99. The van der Waals surface area contributed by atoms with Crippen LogP contribution < -0.4 is 0 Å².